The van der Waals surface area contributed by atoms with Gasteiger partial charge in [-0.15, -0.1) is 0 Å². The molecule has 1 aliphatic rings. The lowest BCUT2D eigenvalue weighted by atomic mass is 10.0. The largest absolute Gasteiger partial charge is 0.396 e. The van der Waals surface area contributed by atoms with E-state index in [-0.39, 0.29) is 18.7 Å². The number of hydrogen-bond donors (Lipinski definition) is 2. The highest BCUT2D eigenvalue weighted by Crippen LogP contribution is 2.16. The molecular formula is C14H20N2O3. The van der Waals surface area contributed by atoms with Gasteiger partial charge < -0.3 is 20.1 Å². The topological polar surface area (TPSA) is 61.8 Å². The highest BCUT2D eigenvalue weighted by molar-refractivity contribution is 5.74. The Kier molecular flexibility index (Phi) is 5.18. The number of carbonyl (C=O) groups excluding carboxylic acids is 1. The van der Waals surface area contributed by atoms with Crippen LogP contribution in [-0.2, 0) is 4.74 Å². The quantitative estimate of drug-likeness (QED) is 0.857. The summed E-state index contributed by atoms with van der Waals surface area (Å²) in [4.78, 5) is 13.9. The van der Waals surface area contributed by atoms with Crippen LogP contribution in [0.25, 0.3) is 0 Å². The maximum absolute atomic E-state index is 12.1. The smallest absolute Gasteiger partial charge is 0.318 e. The predicted octanol–water partition coefficient (Wildman–Crippen LogP) is 1.15. The van der Waals surface area contributed by atoms with Crippen LogP contribution in [-0.4, -0.2) is 48.9 Å². The lowest BCUT2D eigenvalue weighted by molar-refractivity contribution is 0.0522. The number of aliphatic hydroxyl groups excluding tert-OH is 1. The van der Waals surface area contributed by atoms with Gasteiger partial charge in [0.15, 0.2) is 0 Å². The monoisotopic (exact) mass is 264 g/mol. The van der Waals surface area contributed by atoms with Crippen LogP contribution in [0.2, 0.25) is 0 Å². The van der Waals surface area contributed by atoms with Crippen molar-refractivity contribution >= 4 is 6.03 Å². The van der Waals surface area contributed by atoms with Gasteiger partial charge in [-0.05, 0) is 12.0 Å². The predicted molar refractivity (Wildman–Crippen MR) is 71.8 cm³/mol. The van der Waals surface area contributed by atoms with Gasteiger partial charge in [-0.2, -0.15) is 0 Å². The first-order valence-corrected chi connectivity index (χ1v) is 6.60. The molecule has 5 heteroatoms. The molecule has 0 aromatic heterocycles. The summed E-state index contributed by atoms with van der Waals surface area (Å²) < 4.78 is 5.23. The van der Waals surface area contributed by atoms with Crippen LogP contribution in [0.5, 0.6) is 0 Å². The van der Waals surface area contributed by atoms with E-state index in [0.717, 1.165) is 5.56 Å². The molecule has 0 saturated carbocycles. The number of ether oxygens (including phenoxy) is 1. The summed E-state index contributed by atoms with van der Waals surface area (Å²) in [6.45, 7) is 2.45. The third-order valence-corrected chi connectivity index (χ3v) is 3.22. The summed E-state index contributed by atoms with van der Waals surface area (Å²) in [6.07, 6.45) is 0.514. The maximum atomic E-state index is 12.1. The second kappa shape index (κ2) is 7.11. The van der Waals surface area contributed by atoms with Crippen molar-refractivity contribution in [3.8, 4) is 0 Å². The van der Waals surface area contributed by atoms with Gasteiger partial charge in [0, 0.05) is 19.7 Å². The number of aliphatic hydroxyl groups is 1. The van der Waals surface area contributed by atoms with Gasteiger partial charge in [0.2, 0.25) is 0 Å². The standard InChI is InChI=1S/C14H20N2O3/c17-9-6-13(12-4-2-1-3-5-12)15-14(18)16-7-10-19-11-8-16/h1-5,13,17H,6-11H2,(H,15,18)/t13-/m1/s1. The van der Waals surface area contributed by atoms with Crippen LogP contribution in [0.4, 0.5) is 4.79 Å². The molecule has 1 fully saturated rings. The van der Waals surface area contributed by atoms with Crippen LogP contribution in [0.15, 0.2) is 30.3 Å². The van der Waals surface area contributed by atoms with Gasteiger partial charge in [-0.1, -0.05) is 30.3 Å². The van der Waals surface area contributed by atoms with Crippen LogP contribution in [0, 0.1) is 0 Å². The number of nitrogens with one attached hydrogen (secondary N) is 1. The van der Waals surface area contributed by atoms with E-state index in [9.17, 15) is 4.79 Å². The van der Waals surface area contributed by atoms with Gasteiger partial charge in [-0.25, -0.2) is 4.79 Å². The number of nitrogens with zero attached hydrogens (tertiary/aromatic N) is 1. The zero-order chi connectivity index (χ0) is 13.5. The van der Waals surface area contributed by atoms with Crippen molar-refractivity contribution in [1.29, 1.82) is 0 Å². The maximum Gasteiger partial charge on any atom is 0.318 e. The van der Waals surface area contributed by atoms with E-state index in [0.29, 0.717) is 32.7 Å². The minimum atomic E-state index is -0.151. The normalized spacial score (nSPS) is 17.0. The van der Waals surface area contributed by atoms with Gasteiger partial charge in [0.05, 0.1) is 19.3 Å². The summed E-state index contributed by atoms with van der Waals surface area (Å²) in [6, 6.07) is 9.47. The number of carbonyl (C=O) groups is 1. The molecule has 0 unspecified atom stereocenters. The molecule has 1 aliphatic heterocycles. The molecule has 0 spiro atoms. The van der Waals surface area contributed by atoms with Gasteiger partial charge in [-0.3, -0.25) is 0 Å². The Morgan fingerprint density at radius 2 is 2.00 bits per heavy atom. The second-order valence-electron chi connectivity index (χ2n) is 4.52. The molecule has 1 saturated heterocycles. The Labute approximate surface area is 113 Å². The van der Waals surface area contributed by atoms with Crippen molar-refractivity contribution < 1.29 is 14.6 Å². The Bertz CT molecular complexity index is 391. The molecule has 5 nitrogen and oxygen atoms in total. The number of amides is 2. The minimum Gasteiger partial charge on any atom is -0.396 e. The van der Waals surface area contributed by atoms with Crippen LogP contribution >= 0.6 is 0 Å². The van der Waals surface area contributed by atoms with E-state index in [1.54, 1.807) is 4.90 Å². The number of morpholine rings is 1. The number of hydrogen-bond acceptors (Lipinski definition) is 3. The fourth-order valence-corrected chi connectivity index (χ4v) is 2.14. The van der Waals surface area contributed by atoms with Crippen molar-refractivity contribution in [1.82, 2.24) is 10.2 Å². The summed E-state index contributed by atoms with van der Waals surface area (Å²) >= 11 is 0. The first-order chi connectivity index (χ1) is 9.31. The number of urea groups is 1. The van der Waals surface area contributed by atoms with Crippen LogP contribution in [0.1, 0.15) is 18.0 Å². The zero-order valence-corrected chi connectivity index (χ0v) is 10.9. The van der Waals surface area contributed by atoms with E-state index in [1.807, 2.05) is 30.3 Å². The van der Waals surface area contributed by atoms with E-state index in [4.69, 9.17) is 9.84 Å². The highest BCUT2D eigenvalue weighted by Gasteiger charge is 2.20. The van der Waals surface area contributed by atoms with E-state index in [1.165, 1.54) is 0 Å². The molecule has 19 heavy (non-hydrogen) atoms. The van der Waals surface area contributed by atoms with E-state index in [2.05, 4.69) is 5.32 Å². The molecule has 2 amide bonds. The molecule has 2 N–H and O–H groups in total. The van der Waals surface area contributed by atoms with Crippen molar-refractivity contribution in [2.75, 3.05) is 32.9 Å². The SMILES string of the molecule is O=C(N[C@H](CCO)c1ccccc1)N1CCOCC1. The molecule has 2 rings (SSSR count). The van der Waals surface area contributed by atoms with Crippen molar-refractivity contribution in [3.63, 3.8) is 0 Å². The Morgan fingerprint density at radius 3 is 2.63 bits per heavy atom. The molecule has 0 bridgehead atoms. The Balaban J connectivity index is 1.98. The first kappa shape index (κ1) is 13.8. The average molecular weight is 264 g/mol. The van der Waals surface area contributed by atoms with Crippen LogP contribution < -0.4 is 5.32 Å². The lowest BCUT2D eigenvalue weighted by Crippen LogP contribution is -2.47. The van der Waals surface area contributed by atoms with Crippen molar-refractivity contribution in [2.24, 2.45) is 0 Å². The summed E-state index contributed by atoms with van der Waals surface area (Å²) in [5.41, 5.74) is 1.01. The van der Waals surface area contributed by atoms with E-state index >= 15 is 0 Å². The summed E-state index contributed by atoms with van der Waals surface area (Å²) in [5.74, 6) is 0. The first-order valence-electron chi connectivity index (χ1n) is 6.60. The molecule has 1 aromatic carbocycles. The van der Waals surface area contributed by atoms with Crippen LogP contribution in [0.3, 0.4) is 0 Å². The summed E-state index contributed by atoms with van der Waals surface area (Å²) in [5, 5.41) is 12.1. The molecule has 1 atom stereocenters. The van der Waals surface area contributed by atoms with Gasteiger partial charge in [0.25, 0.3) is 0 Å². The van der Waals surface area contributed by atoms with Crippen molar-refractivity contribution in [3.05, 3.63) is 35.9 Å². The molecular weight excluding hydrogens is 244 g/mol. The van der Waals surface area contributed by atoms with Crippen molar-refractivity contribution in [2.45, 2.75) is 12.5 Å². The molecule has 104 valence electrons. The fourth-order valence-electron chi connectivity index (χ4n) is 2.14. The highest BCUT2D eigenvalue weighted by atomic mass is 16.5. The third-order valence-electron chi connectivity index (χ3n) is 3.22. The molecule has 0 radical (unpaired) electrons. The minimum absolute atomic E-state index is 0.0446. The zero-order valence-electron chi connectivity index (χ0n) is 10.9. The van der Waals surface area contributed by atoms with Gasteiger partial charge in [0.1, 0.15) is 0 Å². The number of rotatable bonds is 4. The van der Waals surface area contributed by atoms with Gasteiger partial charge >= 0.3 is 6.03 Å². The Morgan fingerprint density at radius 1 is 1.32 bits per heavy atom. The lowest BCUT2D eigenvalue weighted by Gasteiger charge is -2.29. The third kappa shape index (κ3) is 3.94. The molecule has 1 heterocycles. The Hall–Kier alpha value is -1.59. The molecule has 1 aromatic rings. The summed E-state index contributed by atoms with van der Waals surface area (Å²) in [7, 11) is 0. The number of benzene rings is 1. The molecule has 0 aliphatic carbocycles. The fraction of sp³-hybridized carbons (Fsp3) is 0.500. The average Bonchev–Trinajstić information content (AvgIpc) is 2.48. The van der Waals surface area contributed by atoms with E-state index < -0.39 is 0 Å². The second-order valence-corrected chi connectivity index (χ2v) is 4.52.